The van der Waals surface area contributed by atoms with Crippen molar-refractivity contribution < 1.29 is 4.74 Å². The van der Waals surface area contributed by atoms with Gasteiger partial charge in [-0.05, 0) is 20.3 Å². The van der Waals surface area contributed by atoms with Crippen LogP contribution in [0.25, 0.3) is 0 Å². The molecule has 1 rings (SSSR count). The molecule has 2 nitrogen and oxygen atoms in total. The van der Waals surface area contributed by atoms with Gasteiger partial charge in [0.15, 0.2) is 0 Å². The zero-order chi connectivity index (χ0) is 9.73. The lowest BCUT2D eigenvalue weighted by Crippen LogP contribution is -2.47. The molecule has 0 bridgehead atoms. The third-order valence-electron chi connectivity index (χ3n) is 2.77. The van der Waals surface area contributed by atoms with E-state index in [1.165, 1.54) is 0 Å². The molecule has 0 aromatic rings. The van der Waals surface area contributed by atoms with Crippen LogP contribution in [0.15, 0.2) is 12.2 Å². The highest BCUT2D eigenvalue weighted by atomic mass is 35.5. The molecule has 76 valence electrons. The molecule has 0 radical (unpaired) electrons. The Morgan fingerprint density at radius 1 is 1.62 bits per heavy atom. The van der Waals surface area contributed by atoms with E-state index in [4.69, 9.17) is 16.3 Å². The minimum Gasteiger partial charge on any atom is -0.377 e. The van der Waals surface area contributed by atoms with Crippen LogP contribution in [-0.2, 0) is 4.74 Å². The van der Waals surface area contributed by atoms with E-state index in [-0.39, 0.29) is 5.54 Å². The summed E-state index contributed by atoms with van der Waals surface area (Å²) in [5, 5.41) is 3.47. The molecule has 3 heteroatoms. The number of halogens is 1. The van der Waals surface area contributed by atoms with E-state index >= 15 is 0 Å². The number of nitrogens with one attached hydrogen (secondary N) is 1. The zero-order valence-electron chi connectivity index (χ0n) is 8.35. The normalized spacial score (nSPS) is 34.5. The zero-order valence-corrected chi connectivity index (χ0v) is 9.10. The number of ether oxygens (including phenoxy) is 1. The highest BCUT2D eigenvalue weighted by Gasteiger charge is 2.35. The van der Waals surface area contributed by atoms with Crippen molar-refractivity contribution in [1.82, 2.24) is 5.32 Å². The molecule has 0 spiro atoms. The van der Waals surface area contributed by atoms with Crippen LogP contribution < -0.4 is 5.32 Å². The number of rotatable bonds is 4. The highest BCUT2D eigenvalue weighted by molar-refractivity contribution is 6.18. The van der Waals surface area contributed by atoms with Crippen molar-refractivity contribution >= 4 is 11.6 Å². The van der Waals surface area contributed by atoms with Gasteiger partial charge < -0.3 is 10.1 Å². The molecule has 0 aromatic heterocycles. The number of hydrogen-bond acceptors (Lipinski definition) is 2. The second kappa shape index (κ2) is 4.99. The molecule has 0 aromatic carbocycles. The van der Waals surface area contributed by atoms with Gasteiger partial charge in [-0.1, -0.05) is 12.2 Å². The van der Waals surface area contributed by atoms with Crippen LogP contribution in [0.3, 0.4) is 0 Å². The first kappa shape index (κ1) is 11.0. The first-order chi connectivity index (χ1) is 6.19. The molecular formula is C10H18ClNO. The predicted molar refractivity (Wildman–Crippen MR) is 56.3 cm³/mol. The second-order valence-corrected chi connectivity index (χ2v) is 4.00. The number of alkyl halides is 1. The molecule has 0 saturated carbocycles. The Labute approximate surface area is 85.3 Å². The molecule has 1 heterocycles. The van der Waals surface area contributed by atoms with Crippen LogP contribution >= 0.6 is 11.6 Å². The van der Waals surface area contributed by atoms with Gasteiger partial charge in [-0.2, -0.15) is 0 Å². The van der Waals surface area contributed by atoms with E-state index in [1.807, 2.05) is 6.08 Å². The first-order valence-corrected chi connectivity index (χ1v) is 5.30. The summed E-state index contributed by atoms with van der Waals surface area (Å²) >= 11 is 5.52. The minimum atomic E-state index is 0.136. The van der Waals surface area contributed by atoms with Crippen molar-refractivity contribution in [2.24, 2.45) is 0 Å². The molecular weight excluding hydrogens is 186 g/mol. The Kier molecular flexibility index (Phi) is 4.23. The molecule has 0 aliphatic carbocycles. The van der Waals surface area contributed by atoms with E-state index in [2.05, 4.69) is 25.2 Å². The molecule has 2 unspecified atom stereocenters. The van der Waals surface area contributed by atoms with Gasteiger partial charge in [0.1, 0.15) is 0 Å². The standard InChI is InChI=1S/C10H18ClNO/c1-9-10(2,5-8-13-9)12-7-4-3-6-11/h3-4,9,12H,5-8H2,1-2H3/b4-3+. The summed E-state index contributed by atoms with van der Waals surface area (Å²) < 4.78 is 5.51. The summed E-state index contributed by atoms with van der Waals surface area (Å²) in [5.74, 6) is 0.588. The van der Waals surface area contributed by atoms with Crippen LogP contribution in [0.1, 0.15) is 20.3 Å². The fourth-order valence-electron chi connectivity index (χ4n) is 1.51. The summed E-state index contributed by atoms with van der Waals surface area (Å²) in [6.07, 6.45) is 5.40. The fourth-order valence-corrected chi connectivity index (χ4v) is 1.63. The number of hydrogen-bond donors (Lipinski definition) is 1. The average molecular weight is 204 g/mol. The molecule has 1 aliphatic heterocycles. The van der Waals surface area contributed by atoms with Crippen molar-refractivity contribution in [3.63, 3.8) is 0 Å². The first-order valence-electron chi connectivity index (χ1n) is 4.76. The van der Waals surface area contributed by atoms with Gasteiger partial charge in [-0.3, -0.25) is 0 Å². The van der Waals surface area contributed by atoms with Crippen LogP contribution in [0.2, 0.25) is 0 Å². The monoisotopic (exact) mass is 203 g/mol. The van der Waals surface area contributed by atoms with E-state index in [0.717, 1.165) is 19.6 Å². The largest absolute Gasteiger partial charge is 0.377 e. The van der Waals surface area contributed by atoms with Gasteiger partial charge in [-0.25, -0.2) is 0 Å². The van der Waals surface area contributed by atoms with Crippen molar-refractivity contribution in [2.75, 3.05) is 19.0 Å². The molecule has 1 saturated heterocycles. The van der Waals surface area contributed by atoms with Crippen molar-refractivity contribution in [1.29, 1.82) is 0 Å². The molecule has 0 amide bonds. The quantitative estimate of drug-likeness (QED) is 0.557. The Balaban J connectivity index is 2.30. The van der Waals surface area contributed by atoms with Crippen LogP contribution in [0.5, 0.6) is 0 Å². The van der Waals surface area contributed by atoms with Crippen LogP contribution in [0.4, 0.5) is 0 Å². The van der Waals surface area contributed by atoms with Crippen molar-refractivity contribution in [3.05, 3.63) is 12.2 Å². The van der Waals surface area contributed by atoms with Crippen molar-refractivity contribution in [3.8, 4) is 0 Å². The van der Waals surface area contributed by atoms with Crippen LogP contribution in [0, 0.1) is 0 Å². The predicted octanol–water partition coefficient (Wildman–Crippen LogP) is 1.94. The van der Waals surface area contributed by atoms with E-state index < -0.39 is 0 Å². The maximum atomic E-state index is 5.52. The Bertz CT molecular complexity index is 184. The Hall–Kier alpha value is -0.0500. The van der Waals surface area contributed by atoms with Gasteiger partial charge in [0.2, 0.25) is 0 Å². The van der Waals surface area contributed by atoms with Crippen molar-refractivity contribution in [2.45, 2.75) is 31.9 Å². The highest BCUT2D eigenvalue weighted by Crippen LogP contribution is 2.24. The lowest BCUT2D eigenvalue weighted by atomic mass is 9.95. The summed E-state index contributed by atoms with van der Waals surface area (Å²) in [4.78, 5) is 0. The van der Waals surface area contributed by atoms with Gasteiger partial charge in [0, 0.05) is 24.6 Å². The van der Waals surface area contributed by atoms with Crippen LogP contribution in [-0.4, -0.2) is 30.7 Å². The summed E-state index contributed by atoms with van der Waals surface area (Å²) in [6, 6.07) is 0. The molecule has 1 N–H and O–H groups in total. The number of allylic oxidation sites excluding steroid dienone is 1. The van der Waals surface area contributed by atoms with Gasteiger partial charge >= 0.3 is 0 Å². The SMILES string of the molecule is CC1OCCC1(C)NC/C=C/CCl. The molecule has 2 atom stereocenters. The third kappa shape index (κ3) is 2.97. The summed E-state index contributed by atoms with van der Waals surface area (Å²) in [7, 11) is 0. The van der Waals surface area contributed by atoms with Gasteiger partial charge in [-0.15, -0.1) is 11.6 Å². The lowest BCUT2D eigenvalue weighted by Gasteiger charge is -2.28. The van der Waals surface area contributed by atoms with Gasteiger partial charge in [0.05, 0.1) is 6.10 Å². The lowest BCUT2D eigenvalue weighted by molar-refractivity contribution is 0.0900. The second-order valence-electron chi connectivity index (χ2n) is 3.69. The third-order valence-corrected chi connectivity index (χ3v) is 2.94. The maximum Gasteiger partial charge on any atom is 0.0726 e. The Morgan fingerprint density at radius 3 is 2.92 bits per heavy atom. The smallest absolute Gasteiger partial charge is 0.0726 e. The maximum absolute atomic E-state index is 5.52. The molecule has 13 heavy (non-hydrogen) atoms. The van der Waals surface area contributed by atoms with E-state index in [9.17, 15) is 0 Å². The van der Waals surface area contributed by atoms with E-state index in [1.54, 1.807) is 0 Å². The average Bonchev–Trinajstić information content (AvgIpc) is 2.42. The van der Waals surface area contributed by atoms with E-state index in [0.29, 0.717) is 12.0 Å². The summed E-state index contributed by atoms with van der Waals surface area (Å²) in [6.45, 7) is 6.06. The topological polar surface area (TPSA) is 21.3 Å². The Morgan fingerprint density at radius 2 is 2.38 bits per heavy atom. The summed E-state index contributed by atoms with van der Waals surface area (Å²) in [5.41, 5.74) is 0.136. The minimum absolute atomic E-state index is 0.136. The van der Waals surface area contributed by atoms with Gasteiger partial charge in [0.25, 0.3) is 0 Å². The molecule has 1 fully saturated rings. The fraction of sp³-hybridized carbons (Fsp3) is 0.800. The molecule has 1 aliphatic rings.